The Morgan fingerprint density at radius 2 is 0.581 bits per heavy atom. The first-order valence-electron chi connectivity index (χ1n) is 25.1. The molecule has 0 N–H and O–H groups in total. The zero-order valence-corrected chi connectivity index (χ0v) is 41.4. The third-order valence-corrected chi connectivity index (χ3v) is 15.0. The lowest BCUT2D eigenvalue weighted by Gasteiger charge is -2.31. The molecule has 0 bridgehead atoms. The lowest BCUT2D eigenvalue weighted by Crippen LogP contribution is -2.13. The average Bonchev–Trinajstić information content (AvgIpc) is 4.09. The van der Waals surface area contributed by atoms with Gasteiger partial charge in [-0.2, -0.15) is 0 Å². The Morgan fingerprint density at radius 1 is 0.243 bits per heavy atom. The zero-order chi connectivity index (χ0) is 49.2. The molecule has 74 heavy (non-hydrogen) atoms. The van der Waals surface area contributed by atoms with E-state index in [0.29, 0.717) is 0 Å². The predicted octanol–water partition coefficient (Wildman–Crippen LogP) is 20.1. The highest BCUT2D eigenvalue weighted by atomic mass is 32.1. The first kappa shape index (κ1) is 44.5. The Bertz CT molecular complexity index is 3650. The quantitative estimate of drug-likeness (QED) is 0.121. The summed E-state index contributed by atoms with van der Waals surface area (Å²) in [4.78, 5) is 4.82. The fraction of sp³-hybridized carbons (Fsp3) is 0. The van der Waals surface area contributed by atoms with Crippen LogP contribution < -0.4 is 9.80 Å². The van der Waals surface area contributed by atoms with E-state index in [9.17, 15) is 0 Å². The molecule has 0 radical (unpaired) electrons. The van der Waals surface area contributed by atoms with Gasteiger partial charge in [-0.3, -0.25) is 0 Å². The molecule has 2 aromatic heterocycles. The van der Waals surface area contributed by atoms with Gasteiger partial charge < -0.3 is 14.4 Å². The molecule has 11 aromatic carbocycles. The van der Waals surface area contributed by atoms with Crippen LogP contribution in [0.1, 0.15) is 0 Å². The summed E-state index contributed by atoms with van der Waals surface area (Å²) in [6, 6.07) is 106. The van der Waals surface area contributed by atoms with Gasteiger partial charge in [-0.15, -0.1) is 11.3 Å². The highest BCUT2D eigenvalue weighted by molar-refractivity contribution is 7.18. The van der Waals surface area contributed by atoms with Crippen LogP contribution in [0.15, 0.2) is 297 Å². The summed E-state index contributed by atoms with van der Waals surface area (Å²) in [5, 5.41) is 3.45. The first-order chi connectivity index (χ1) is 36.7. The summed E-state index contributed by atoms with van der Waals surface area (Å²) >= 11 is 1.80. The Balaban J connectivity index is 1.03. The Kier molecular flexibility index (Phi) is 11.8. The summed E-state index contributed by atoms with van der Waals surface area (Å²) in [5.74, 6) is 0. The van der Waals surface area contributed by atoms with E-state index >= 15 is 0 Å². The molecule has 350 valence electrons. The average molecular weight is 964 g/mol. The standard InChI is InChI=1S/C70H49N3S/c1-6-16-50(17-7-1)54-26-35-61(36-27-54)71(62-37-28-55(29-38-62)51-18-8-2-9-19-51)65-46-59(58-34-43-68-67(48-58)70-69(44-45-74-70)73(68)60-24-14-5-15-25-60)47-66(49-65)72(63-39-30-56(31-40-63)52-20-10-3-11-21-52)64-41-32-57(33-42-64)53-22-12-4-13-23-53/h1-49H. The van der Waals surface area contributed by atoms with Crippen LogP contribution in [0, 0.1) is 0 Å². The third-order valence-electron chi connectivity index (χ3n) is 14.1. The second kappa shape index (κ2) is 19.6. The van der Waals surface area contributed by atoms with Crippen LogP contribution in [0.5, 0.6) is 0 Å². The van der Waals surface area contributed by atoms with Crippen molar-refractivity contribution < 1.29 is 0 Å². The van der Waals surface area contributed by atoms with Crippen molar-refractivity contribution in [1.29, 1.82) is 0 Å². The number of para-hydroxylation sites is 1. The molecule has 0 saturated heterocycles. The molecule has 13 aromatic rings. The SMILES string of the molecule is c1ccc(-c2ccc(N(c3ccc(-c4ccccc4)cc3)c3cc(-c4ccc5c(c4)c4sccc4n5-c4ccccc4)cc(N(c4ccc(-c5ccccc5)cc4)c4ccc(-c5ccccc5)cc4)c3)cc2)cc1. The van der Waals surface area contributed by atoms with E-state index in [1.807, 2.05) is 0 Å². The minimum Gasteiger partial charge on any atom is -0.310 e. The maximum absolute atomic E-state index is 2.41. The van der Waals surface area contributed by atoms with Crippen LogP contribution in [0.2, 0.25) is 0 Å². The Morgan fingerprint density at radius 3 is 0.959 bits per heavy atom. The monoisotopic (exact) mass is 963 g/mol. The molecule has 0 amide bonds. The molecule has 0 atom stereocenters. The third kappa shape index (κ3) is 8.64. The molecule has 0 unspecified atom stereocenters. The van der Waals surface area contributed by atoms with Crippen LogP contribution in [0.4, 0.5) is 34.1 Å². The molecule has 0 aliphatic heterocycles. The lowest BCUT2D eigenvalue weighted by atomic mass is 9.99. The number of hydrogen-bond donors (Lipinski definition) is 0. The molecule has 0 aliphatic rings. The fourth-order valence-corrected chi connectivity index (χ4v) is 11.3. The minimum absolute atomic E-state index is 1.03. The Hall–Kier alpha value is -9.48. The molecule has 0 spiro atoms. The number of fused-ring (bicyclic) bond motifs is 3. The maximum Gasteiger partial charge on any atom is 0.0648 e. The van der Waals surface area contributed by atoms with Crippen LogP contribution in [0.3, 0.4) is 0 Å². The number of nitrogens with zero attached hydrogens (tertiary/aromatic N) is 3. The number of thiophene rings is 1. The summed E-state index contributed by atoms with van der Waals surface area (Å²) in [6.45, 7) is 0. The van der Waals surface area contributed by atoms with Gasteiger partial charge in [0.25, 0.3) is 0 Å². The number of hydrogen-bond acceptors (Lipinski definition) is 3. The van der Waals surface area contributed by atoms with Gasteiger partial charge >= 0.3 is 0 Å². The van der Waals surface area contributed by atoms with Crippen LogP contribution >= 0.6 is 11.3 Å². The molecule has 2 heterocycles. The van der Waals surface area contributed by atoms with Crippen molar-refractivity contribution in [3.05, 3.63) is 297 Å². The molecular weight excluding hydrogens is 915 g/mol. The van der Waals surface area contributed by atoms with Crippen LogP contribution in [0.25, 0.3) is 82.4 Å². The smallest absolute Gasteiger partial charge is 0.0648 e. The summed E-state index contributed by atoms with van der Waals surface area (Å²) in [5.41, 5.74) is 21.5. The normalized spacial score (nSPS) is 11.2. The van der Waals surface area contributed by atoms with Gasteiger partial charge in [0.05, 0.1) is 15.7 Å². The van der Waals surface area contributed by atoms with Gasteiger partial charge in [-0.1, -0.05) is 194 Å². The summed E-state index contributed by atoms with van der Waals surface area (Å²) in [6.07, 6.45) is 0. The molecule has 13 rings (SSSR count). The van der Waals surface area contributed by atoms with E-state index in [4.69, 9.17) is 0 Å². The maximum atomic E-state index is 2.41. The predicted molar refractivity (Wildman–Crippen MR) is 315 cm³/mol. The highest BCUT2D eigenvalue weighted by Gasteiger charge is 2.22. The summed E-state index contributed by atoms with van der Waals surface area (Å²) < 4.78 is 3.67. The minimum atomic E-state index is 1.03. The summed E-state index contributed by atoms with van der Waals surface area (Å²) in [7, 11) is 0. The number of anilines is 6. The van der Waals surface area contributed by atoms with Crippen molar-refractivity contribution in [1.82, 2.24) is 4.57 Å². The van der Waals surface area contributed by atoms with Crippen molar-refractivity contribution in [2.24, 2.45) is 0 Å². The second-order valence-corrected chi connectivity index (χ2v) is 19.5. The van der Waals surface area contributed by atoms with E-state index in [0.717, 1.165) is 50.9 Å². The van der Waals surface area contributed by atoms with E-state index in [1.54, 1.807) is 11.3 Å². The lowest BCUT2D eigenvalue weighted by molar-refractivity contribution is 1.18. The second-order valence-electron chi connectivity index (χ2n) is 18.6. The number of aromatic nitrogens is 1. The van der Waals surface area contributed by atoms with Gasteiger partial charge in [0.1, 0.15) is 0 Å². The molecule has 4 heteroatoms. The van der Waals surface area contributed by atoms with Crippen LogP contribution in [-0.4, -0.2) is 4.57 Å². The van der Waals surface area contributed by atoms with E-state index in [2.05, 4.69) is 311 Å². The van der Waals surface area contributed by atoms with E-state index in [1.165, 1.54) is 65.6 Å². The van der Waals surface area contributed by atoms with Crippen LogP contribution in [-0.2, 0) is 0 Å². The fourth-order valence-electron chi connectivity index (χ4n) is 10.4. The number of rotatable bonds is 12. The van der Waals surface area contributed by atoms with Gasteiger partial charge in [0, 0.05) is 45.2 Å². The van der Waals surface area contributed by atoms with E-state index < -0.39 is 0 Å². The topological polar surface area (TPSA) is 11.4 Å². The van der Waals surface area contributed by atoms with Crippen molar-refractivity contribution >= 4 is 66.6 Å². The van der Waals surface area contributed by atoms with Gasteiger partial charge in [-0.05, 0) is 158 Å². The zero-order valence-electron chi connectivity index (χ0n) is 40.5. The Labute approximate surface area is 436 Å². The van der Waals surface area contributed by atoms with Gasteiger partial charge in [0.2, 0.25) is 0 Å². The van der Waals surface area contributed by atoms with Crippen molar-refractivity contribution in [2.75, 3.05) is 9.80 Å². The molecule has 0 fully saturated rings. The van der Waals surface area contributed by atoms with Crippen molar-refractivity contribution in [2.45, 2.75) is 0 Å². The van der Waals surface area contributed by atoms with Gasteiger partial charge in [-0.25, -0.2) is 0 Å². The van der Waals surface area contributed by atoms with Crippen molar-refractivity contribution in [3.8, 4) is 61.3 Å². The first-order valence-corrected chi connectivity index (χ1v) is 26.0. The molecule has 0 aliphatic carbocycles. The molecule has 3 nitrogen and oxygen atoms in total. The largest absolute Gasteiger partial charge is 0.310 e. The van der Waals surface area contributed by atoms with E-state index in [-0.39, 0.29) is 0 Å². The highest BCUT2D eigenvalue weighted by Crippen LogP contribution is 2.46. The van der Waals surface area contributed by atoms with Gasteiger partial charge in [0.15, 0.2) is 0 Å². The van der Waals surface area contributed by atoms with Crippen molar-refractivity contribution in [3.63, 3.8) is 0 Å². The number of benzene rings is 11. The molecule has 0 saturated carbocycles. The molecular formula is C70H49N3S.